The largest absolute Gasteiger partial charge is 0.369 e. The first-order valence-electron chi connectivity index (χ1n) is 7.55. The normalized spacial score (nSPS) is 25.0. The predicted octanol–water partition coefficient (Wildman–Crippen LogP) is 5.35. The lowest BCUT2D eigenvalue weighted by molar-refractivity contribution is -0.0778. The molecule has 0 aliphatic carbocycles. The van der Waals surface area contributed by atoms with Crippen molar-refractivity contribution in [2.45, 2.75) is 58.3 Å². The fraction of sp³-hybridized carbons (Fsp3) is 0.647. The molecular weight excluding hydrogens is 350 g/mol. The second kappa shape index (κ2) is 6.19. The van der Waals surface area contributed by atoms with Gasteiger partial charge in [-0.25, -0.2) is 0 Å². The van der Waals surface area contributed by atoms with Crippen molar-refractivity contribution in [1.29, 1.82) is 0 Å². The van der Waals surface area contributed by atoms with Gasteiger partial charge in [-0.3, -0.25) is 0 Å². The van der Waals surface area contributed by atoms with Crippen LogP contribution in [0.3, 0.4) is 0 Å². The average molecular weight is 375 g/mol. The van der Waals surface area contributed by atoms with E-state index in [1.54, 1.807) is 0 Å². The van der Waals surface area contributed by atoms with E-state index in [0.29, 0.717) is 5.92 Å². The molecule has 0 amide bonds. The van der Waals surface area contributed by atoms with Gasteiger partial charge in [0, 0.05) is 16.4 Å². The highest BCUT2D eigenvalue weighted by Crippen LogP contribution is 2.48. The number of rotatable bonds is 4. The van der Waals surface area contributed by atoms with Crippen LogP contribution in [-0.4, -0.2) is 17.7 Å². The van der Waals surface area contributed by atoms with Crippen molar-refractivity contribution in [3.63, 3.8) is 0 Å². The summed E-state index contributed by atoms with van der Waals surface area (Å²) in [5.74, 6) is 0.417. The van der Waals surface area contributed by atoms with Crippen molar-refractivity contribution in [3.8, 4) is 0 Å². The molecule has 4 heteroatoms. The summed E-state index contributed by atoms with van der Waals surface area (Å²) in [7, 11) is 0. The van der Waals surface area contributed by atoms with Gasteiger partial charge in [-0.05, 0) is 74.3 Å². The van der Waals surface area contributed by atoms with E-state index in [2.05, 4.69) is 68.0 Å². The maximum Gasteiger partial charge on any atom is 0.0681 e. The first-order valence-corrected chi connectivity index (χ1v) is 8.72. The third-order valence-electron chi connectivity index (χ3n) is 4.27. The van der Waals surface area contributed by atoms with Crippen LogP contribution >= 0.6 is 27.5 Å². The van der Waals surface area contributed by atoms with Gasteiger partial charge in [0.25, 0.3) is 0 Å². The number of hydrogen-bond acceptors (Lipinski definition) is 2. The maximum atomic E-state index is 6.27. The molecule has 1 aliphatic rings. The van der Waals surface area contributed by atoms with E-state index < -0.39 is 0 Å². The van der Waals surface area contributed by atoms with Crippen LogP contribution in [0.25, 0.3) is 0 Å². The van der Waals surface area contributed by atoms with Crippen molar-refractivity contribution >= 4 is 27.5 Å². The predicted molar refractivity (Wildman–Crippen MR) is 92.9 cm³/mol. The summed E-state index contributed by atoms with van der Waals surface area (Å²) in [6.07, 6.45) is 1.04. The van der Waals surface area contributed by atoms with Crippen LogP contribution in [0.1, 0.15) is 52.6 Å². The van der Waals surface area contributed by atoms with Crippen LogP contribution in [0.4, 0.5) is 0 Å². The van der Waals surface area contributed by atoms with Crippen LogP contribution in [0.5, 0.6) is 0 Å². The smallest absolute Gasteiger partial charge is 0.0681 e. The van der Waals surface area contributed by atoms with E-state index in [-0.39, 0.29) is 17.2 Å². The van der Waals surface area contributed by atoms with Crippen LogP contribution < -0.4 is 5.32 Å². The summed E-state index contributed by atoms with van der Waals surface area (Å²) >= 11 is 9.67. The Labute approximate surface area is 141 Å². The molecule has 2 rings (SSSR count). The monoisotopic (exact) mass is 373 g/mol. The van der Waals surface area contributed by atoms with Gasteiger partial charge in [0.1, 0.15) is 0 Å². The van der Waals surface area contributed by atoms with E-state index in [1.165, 1.54) is 5.56 Å². The topological polar surface area (TPSA) is 21.3 Å². The van der Waals surface area contributed by atoms with Crippen molar-refractivity contribution in [3.05, 3.63) is 33.3 Å². The van der Waals surface area contributed by atoms with E-state index in [0.717, 1.165) is 22.5 Å². The first kappa shape index (κ1) is 17.3. The minimum absolute atomic E-state index is 0.0779. The van der Waals surface area contributed by atoms with E-state index in [4.69, 9.17) is 16.3 Å². The minimum atomic E-state index is -0.150. The van der Waals surface area contributed by atoms with Crippen molar-refractivity contribution in [1.82, 2.24) is 5.32 Å². The van der Waals surface area contributed by atoms with Crippen molar-refractivity contribution < 1.29 is 4.74 Å². The molecule has 1 aromatic carbocycles. The van der Waals surface area contributed by atoms with Gasteiger partial charge >= 0.3 is 0 Å². The molecule has 2 unspecified atom stereocenters. The van der Waals surface area contributed by atoms with Crippen LogP contribution in [0.2, 0.25) is 5.02 Å². The number of benzene rings is 1. The zero-order valence-corrected chi connectivity index (χ0v) is 15.8. The maximum absolute atomic E-state index is 6.27. The van der Waals surface area contributed by atoms with Gasteiger partial charge in [0.05, 0.1) is 16.2 Å². The lowest BCUT2D eigenvalue weighted by Gasteiger charge is -2.34. The fourth-order valence-electron chi connectivity index (χ4n) is 3.54. The number of halogens is 2. The zero-order chi connectivity index (χ0) is 15.8. The van der Waals surface area contributed by atoms with E-state index in [1.807, 2.05) is 6.07 Å². The Morgan fingerprint density at radius 3 is 2.52 bits per heavy atom. The van der Waals surface area contributed by atoms with E-state index in [9.17, 15) is 0 Å². The van der Waals surface area contributed by atoms with E-state index >= 15 is 0 Å². The number of ether oxygens (including phenoxy) is 1. The molecule has 0 bridgehead atoms. The van der Waals surface area contributed by atoms with Gasteiger partial charge in [-0.2, -0.15) is 0 Å². The molecule has 0 saturated carbocycles. The van der Waals surface area contributed by atoms with Gasteiger partial charge in [-0.15, -0.1) is 0 Å². The van der Waals surface area contributed by atoms with Gasteiger partial charge in [0.15, 0.2) is 0 Å². The van der Waals surface area contributed by atoms with Crippen LogP contribution in [-0.2, 0) is 4.74 Å². The van der Waals surface area contributed by atoms with Crippen molar-refractivity contribution in [2.24, 2.45) is 5.92 Å². The highest BCUT2D eigenvalue weighted by molar-refractivity contribution is 9.10. The lowest BCUT2D eigenvalue weighted by Crippen LogP contribution is -2.38. The molecule has 2 nitrogen and oxygen atoms in total. The van der Waals surface area contributed by atoms with Crippen molar-refractivity contribution in [2.75, 3.05) is 6.54 Å². The standard InChI is InChI=1S/C17H25BrClNO/c1-6-20-15(11-7-8-14(19)13(18)9-11)12-10-16(2,3)21-17(12,4)5/h7-9,12,15,20H,6,10H2,1-5H3. The molecule has 21 heavy (non-hydrogen) atoms. The van der Waals surface area contributed by atoms with Crippen LogP contribution in [0, 0.1) is 5.92 Å². The second-order valence-corrected chi connectivity index (χ2v) is 8.25. The minimum Gasteiger partial charge on any atom is -0.369 e. The van der Waals surface area contributed by atoms with Gasteiger partial charge in [-0.1, -0.05) is 24.6 Å². The Hall–Kier alpha value is -0.0900. The Morgan fingerprint density at radius 2 is 2.05 bits per heavy atom. The summed E-state index contributed by atoms with van der Waals surface area (Å²) < 4.78 is 7.22. The molecule has 2 atom stereocenters. The Morgan fingerprint density at radius 1 is 1.38 bits per heavy atom. The summed E-state index contributed by atoms with van der Waals surface area (Å²) in [6, 6.07) is 6.46. The summed E-state index contributed by atoms with van der Waals surface area (Å²) in [5, 5.41) is 4.38. The van der Waals surface area contributed by atoms with Crippen LogP contribution in [0.15, 0.2) is 22.7 Å². The first-order chi connectivity index (χ1) is 9.66. The Kier molecular flexibility index (Phi) is 5.09. The number of nitrogens with one attached hydrogen (secondary N) is 1. The number of hydrogen-bond donors (Lipinski definition) is 1. The molecule has 0 aromatic heterocycles. The zero-order valence-electron chi connectivity index (χ0n) is 13.5. The van der Waals surface area contributed by atoms with Gasteiger partial charge < -0.3 is 10.1 Å². The molecule has 118 valence electrons. The molecule has 1 saturated heterocycles. The fourth-order valence-corrected chi connectivity index (χ4v) is 4.06. The second-order valence-electron chi connectivity index (χ2n) is 6.98. The molecular formula is C17H25BrClNO. The molecule has 1 heterocycles. The summed E-state index contributed by atoms with van der Waals surface area (Å²) in [6.45, 7) is 11.8. The molecule has 1 N–H and O–H groups in total. The third-order valence-corrected chi connectivity index (χ3v) is 5.49. The highest BCUT2D eigenvalue weighted by atomic mass is 79.9. The molecule has 1 aromatic rings. The summed E-state index contributed by atoms with van der Waals surface area (Å²) in [4.78, 5) is 0. The SMILES string of the molecule is CCNC(c1ccc(Cl)c(Br)c1)C1CC(C)(C)OC1(C)C. The lowest BCUT2D eigenvalue weighted by atomic mass is 9.79. The molecule has 0 radical (unpaired) electrons. The summed E-state index contributed by atoms with van der Waals surface area (Å²) in [5.41, 5.74) is 1.03. The average Bonchev–Trinajstić information content (AvgIpc) is 2.58. The Balaban J connectivity index is 2.36. The molecule has 1 aliphatic heterocycles. The highest BCUT2D eigenvalue weighted by Gasteiger charge is 2.49. The van der Waals surface area contributed by atoms with Gasteiger partial charge in [0.2, 0.25) is 0 Å². The third kappa shape index (κ3) is 3.82. The molecule has 0 spiro atoms. The molecule has 1 fully saturated rings. The quantitative estimate of drug-likeness (QED) is 0.767. The Bertz CT molecular complexity index is 516.